The molecule has 2 N–H and O–H groups in total. The van der Waals surface area contributed by atoms with Gasteiger partial charge in [-0.1, -0.05) is 17.8 Å². The molecule has 0 spiro atoms. The van der Waals surface area contributed by atoms with E-state index in [1.54, 1.807) is 0 Å². The van der Waals surface area contributed by atoms with Gasteiger partial charge in [-0.05, 0) is 23.8 Å². The highest BCUT2D eigenvalue weighted by atomic mass is 32.2. The Morgan fingerprint density at radius 3 is 2.72 bits per heavy atom. The number of nitrogens with two attached hydrogens (primary N) is 1. The zero-order chi connectivity index (χ0) is 23.1. The summed E-state index contributed by atoms with van der Waals surface area (Å²) < 4.78 is 87.6. The van der Waals surface area contributed by atoms with E-state index < -0.39 is 48.7 Å². The molecular weight excluding hydrogens is 458 g/mol. The molecule has 0 amide bonds. The molecule has 1 fully saturated rings. The molecule has 0 radical (unpaired) electrons. The van der Waals surface area contributed by atoms with Gasteiger partial charge >= 0.3 is 6.18 Å². The van der Waals surface area contributed by atoms with Crippen molar-refractivity contribution in [2.45, 2.75) is 24.5 Å². The summed E-state index contributed by atoms with van der Waals surface area (Å²) in [6.45, 7) is -1.38. The second-order valence-electron chi connectivity index (χ2n) is 7.32. The Morgan fingerprint density at radius 1 is 1.28 bits per heavy atom. The molecule has 170 valence electrons. The summed E-state index contributed by atoms with van der Waals surface area (Å²) in [7, 11) is 0. The maximum absolute atomic E-state index is 14.9. The smallest absolute Gasteiger partial charge is 0.379 e. The van der Waals surface area contributed by atoms with Crippen LogP contribution in [0.25, 0.3) is 11.9 Å². The Labute approximate surface area is 182 Å². The number of amidine groups is 1. The predicted molar refractivity (Wildman–Crippen MR) is 107 cm³/mol. The lowest BCUT2D eigenvalue weighted by Gasteiger charge is -2.36. The standard InChI is InChI=1S/C20H16F6N4OS/c21-5-11-6-29-16(7-28-11)15(23)4-10-1-2-14(22)12(3-10)19-9-31-17(20(24,25)26)13(19)8-32-18(27)30-19/h1-4,6-7,13,17H,5,8-9H2,(H2,27,30)/b15-4-/t13-,17+,19-/m1/s1. The van der Waals surface area contributed by atoms with E-state index >= 15 is 0 Å². The van der Waals surface area contributed by atoms with Crippen LogP contribution in [0.2, 0.25) is 0 Å². The molecule has 0 bridgehead atoms. The van der Waals surface area contributed by atoms with Gasteiger partial charge in [-0.15, -0.1) is 0 Å². The van der Waals surface area contributed by atoms with Crippen molar-refractivity contribution in [3.8, 4) is 0 Å². The van der Waals surface area contributed by atoms with Gasteiger partial charge in [0.15, 0.2) is 17.1 Å². The van der Waals surface area contributed by atoms with Crippen LogP contribution in [-0.4, -0.2) is 39.8 Å². The number of alkyl halides is 4. The number of aromatic nitrogens is 2. The summed E-state index contributed by atoms with van der Waals surface area (Å²) >= 11 is 0.940. The molecule has 1 aromatic carbocycles. The molecule has 5 nitrogen and oxygen atoms in total. The van der Waals surface area contributed by atoms with Crippen LogP contribution in [0.5, 0.6) is 0 Å². The molecule has 1 saturated heterocycles. The number of ether oxygens (including phenoxy) is 1. The van der Waals surface area contributed by atoms with Crippen LogP contribution in [0.4, 0.5) is 26.3 Å². The van der Waals surface area contributed by atoms with Gasteiger partial charge in [0.2, 0.25) is 0 Å². The molecule has 4 rings (SSSR count). The van der Waals surface area contributed by atoms with Gasteiger partial charge in [-0.2, -0.15) is 13.2 Å². The van der Waals surface area contributed by atoms with Gasteiger partial charge < -0.3 is 10.5 Å². The van der Waals surface area contributed by atoms with Crippen LogP contribution in [0, 0.1) is 11.7 Å². The second-order valence-corrected chi connectivity index (χ2v) is 8.36. The van der Waals surface area contributed by atoms with Gasteiger partial charge in [0.05, 0.1) is 24.7 Å². The van der Waals surface area contributed by atoms with Crippen molar-refractivity contribution in [2.24, 2.45) is 16.6 Å². The molecule has 32 heavy (non-hydrogen) atoms. The average Bonchev–Trinajstić information content (AvgIpc) is 3.15. The monoisotopic (exact) mass is 474 g/mol. The Balaban J connectivity index is 1.75. The fourth-order valence-corrected chi connectivity index (χ4v) is 4.86. The number of aliphatic imine (C=N–C) groups is 1. The van der Waals surface area contributed by atoms with Crippen LogP contribution in [0.15, 0.2) is 35.6 Å². The SMILES string of the molecule is NC1=N[C@@]2(c3cc(/C=C(\F)c4cnc(CF)cn4)ccc3F)CO[C@H](C(F)(F)F)[C@H]2CS1. The van der Waals surface area contributed by atoms with Crippen LogP contribution >= 0.6 is 11.8 Å². The van der Waals surface area contributed by atoms with Crippen LogP contribution in [0.3, 0.4) is 0 Å². The minimum absolute atomic E-state index is 0.0161. The first-order valence-electron chi connectivity index (χ1n) is 9.35. The van der Waals surface area contributed by atoms with Crippen molar-refractivity contribution >= 4 is 28.8 Å². The molecule has 0 saturated carbocycles. The highest BCUT2D eigenvalue weighted by molar-refractivity contribution is 8.13. The number of benzene rings is 1. The Morgan fingerprint density at radius 2 is 2.06 bits per heavy atom. The summed E-state index contributed by atoms with van der Waals surface area (Å²) in [6.07, 6.45) is -3.66. The zero-order valence-corrected chi connectivity index (χ0v) is 17.1. The second kappa shape index (κ2) is 8.39. The molecule has 3 atom stereocenters. The quantitative estimate of drug-likeness (QED) is 0.666. The summed E-state index contributed by atoms with van der Waals surface area (Å²) in [5, 5.41) is 0.0161. The molecule has 1 aromatic heterocycles. The van der Waals surface area contributed by atoms with Crippen molar-refractivity contribution in [2.75, 3.05) is 12.4 Å². The first-order valence-corrected chi connectivity index (χ1v) is 10.3. The number of hydrogen-bond acceptors (Lipinski definition) is 6. The minimum Gasteiger partial charge on any atom is -0.379 e. The van der Waals surface area contributed by atoms with Gasteiger partial charge in [0, 0.05) is 17.2 Å². The minimum atomic E-state index is -4.67. The molecule has 3 heterocycles. The van der Waals surface area contributed by atoms with E-state index in [0.29, 0.717) is 0 Å². The number of halogens is 6. The van der Waals surface area contributed by atoms with E-state index in [-0.39, 0.29) is 33.4 Å². The molecular formula is C20H16F6N4OS. The molecule has 2 aliphatic rings. The molecule has 2 aliphatic heterocycles. The van der Waals surface area contributed by atoms with Crippen molar-refractivity contribution in [3.05, 3.63) is 58.9 Å². The first-order chi connectivity index (χ1) is 15.1. The van der Waals surface area contributed by atoms with E-state index in [4.69, 9.17) is 10.5 Å². The lowest BCUT2D eigenvalue weighted by atomic mass is 9.78. The third-order valence-electron chi connectivity index (χ3n) is 5.34. The Bertz CT molecular complexity index is 1070. The summed E-state index contributed by atoms with van der Waals surface area (Å²) in [5.41, 5.74) is 3.92. The van der Waals surface area contributed by atoms with Gasteiger partial charge in [0.1, 0.15) is 23.7 Å². The van der Waals surface area contributed by atoms with Crippen molar-refractivity contribution in [1.82, 2.24) is 9.97 Å². The number of fused-ring (bicyclic) bond motifs is 1. The van der Waals surface area contributed by atoms with Crippen LogP contribution in [0.1, 0.15) is 22.5 Å². The fraction of sp³-hybridized carbons (Fsp3) is 0.350. The van der Waals surface area contributed by atoms with Crippen LogP contribution < -0.4 is 5.73 Å². The normalized spacial score (nSPS) is 26.1. The summed E-state index contributed by atoms with van der Waals surface area (Å²) in [5.74, 6) is -2.93. The lowest BCUT2D eigenvalue weighted by Crippen LogP contribution is -2.46. The predicted octanol–water partition coefficient (Wildman–Crippen LogP) is 4.39. The van der Waals surface area contributed by atoms with Gasteiger partial charge in [-0.25, -0.2) is 18.2 Å². The lowest BCUT2D eigenvalue weighted by molar-refractivity contribution is -0.215. The maximum atomic E-state index is 14.9. The van der Waals surface area contributed by atoms with Crippen LogP contribution in [-0.2, 0) is 17.0 Å². The highest BCUT2D eigenvalue weighted by Gasteiger charge is 2.61. The fourth-order valence-electron chi connectivity index (χ4n) is 3.83. The van der Waals surface area contributed by atoms with E-state index in [1.807, 2.05) is 0 Å². The summed E-state index contributed by atoms with van der Waals surface area (Å²) in [4.78, 5) is 11.7. The number of rotatable bonds is 4. The average molecular weight is 474 g/mol. The van der Waals surface area contributed by atoms with Crippen molar-refractivity contribution < 1.29 is 31.1 Å². The van der Waals surface area contributed by atoms with E-state index in [9.17, 15) is 26.3 Å². The largest absolute Gasteiger partial charge is 0.415 e. The van der Waals surface area contributed by atoms with E-state index in [2.05, 4.69) is 15.0 Å². The van der Waals surface area contributed by atoms with Gasteiger partial charge in [-0.3, -0.25) is 9.97 Å². The molecule has 2 aromatic rings. The molecule has 0 unspecified atom stereocenters. The number of nitrogens with zero attached hydrogens (tertiary/aromatic N) is 3. The molecule has 0 aliphatic carbocycles. The molecule has 12 heteroatoms. The first kappa shape index (κ1) is 22.6. The maximum Gasteiger partial charge on any atom is 0.415 e. The highest BCUT2D eigenvalue weighted by Crippen LogP contribution is 2.51. The van der Waals surface area contributed by atoms with E-state index in [1.165, 1.54) is 12.1 Å². The van der Waals surface area contributed by atoms with E-state index in [0.717, 1.165) is 36.3 Å². The summed E-state index contributed by atoms with van der Waals surface area (Å²) in [6, 6.07) is 3.50. The number of hydrogen-bond donors (Lipinski definition) is 1. The number of thioether (sulfide) groups is 1. The zero-order valence-electron chi connectivity index (χ0n) is 16.2. The van der Waals surface area contributed by atoms with Crippen molar-refractivity contribution in [1.29, 1.82) is 0 Å². The third-order valence-corrected chi connectivity index (χ3v) is 6.25. The van der Waals surface area contributed by atoms with Gasteiger partial charge in [0.25, 0.3) is 0 Å². The third kappa shape index (κ3) is 4.08. The Hall–Kier alpha value is -2.60. The Kier molecular flexibility index (Phi) is 5.93. The van der Waals surface area contributed by atoms with Crippen molar-refractivity contribution in [3.63, 3.8) is 0 Å². The topological polar surface area (TPSA) is 73.4 Å².